The number of hydrogen-bond donors (Lipinski definition) is 3. The van der Waals surface area contributed by atoms with Crippen LogP contribution in [0.2, 0.25) is 0 Å². The van der Waals surface area contributed by atoms with Crippen molar-refractivity contribution in [2.45, 2.75) is 37.6 Å². The first-order valence-corrected chi connectivity index (χ1v) is 5.01. The fraction of sp³-hybridized carbons (Fsp3) is 0.889. The number of hydrazine groups is 1. The summed E-state index contributed by atoms with van der Waals surface area (Å²) in [5.41, 5.74) is 11.9. The van der Waals surface area contributed by atoms with Crippen LogP contribution in [0.25, 0.3) is 0 Å². The predicted molar refractivity (Wildman–Crippen MR) is 49.6 cm³/mol. The molecule has 0 radical (unpaired) electrons. The Balaban J connectivity index is 2.02. The highest BCUT2D eigenvalue weighted by molar-refractivity contribution is 5.76. The Morgan fingerprint density at radius 1 is 1.46 bits per heavy atom. The highest BCUT2D eigenvalue weighted by atomic mass is 16.1. The van der Waals surface area contributed by atoms with Gasteiger partial charge in [-0.1, -0.05) is 6.42 Å². The SMILES string of the molecule is NC(=O)C1CCCC2(CCNN2)C1. The van der Waals surface area contributed by atoms with Crippen molar-refractivity contribution in [3.63, 3.8) is 0 Å². The average molecular weight is 183 g/mol. The molecule has 1 aliphatic heterocycles. The van der Waals surface area contributed by atoms with Gasteiger partial charge in [0.25, 0.3) is 0 Å². The van der Waals surface area contributed by atoms with Crippen LogP contribution in [-0.4, -0.2) is 18.0 Å². The second-order valence-corrected chi connectivity index (χ2v) is 4.28. The van der Waals surface area contributed by atoms with Gasteiger partial charge in [0.15, 0.2) is 0 Å². The van der Waals surface area contributed by atoms with Crippen molar-refractivity contribution < 1.29 is 4.79 Å². The largest absolute Gasteiger partial charge is 0.369 e. The van der Waals surface area contributed by atoms with Gasteiger partial charge < -0.3 is 5.73 Å². The Morgan fingerprint density at radius 2 is 2.31 bits per heavy atom. The van der Waals surface area contributed by atoms with Crippen LogP contribution >= 0.6 is 0 Å². The molecule has 0 aromatic heterocycles. The molecule has 13 heavy (non-hydrogen) atoms. The van der Waals surface area contributed by atoms with Gasteiger partial charge in [-0.05, 0) is 25.7 Å². The van der Waals surface area contributed by atoms with Crippen LogP contribution in [-0.2, 0) is 4.79 Å². The van der Waals surface area contributed by atoms with Crippen molar-refractivity contribution in [3.8, 4) is 0 Å². The van der Waals surface area contributed by atoms with Crippen molar-refractivity contribution in [1.82, 2.24) is 10.9 Å². The number of nitrogens with one attached hydrogen (secondary N) is 2. The Morgan fingerprint density at radius 3 is 2.92 bits per heavy atom. The zero-order valence-corrected chi connectivity index (χ0v) is 7.81. The van der Waals surface area contributed by atoms with Gasteiger partial charge in [0, 0.05) is 18.0 Å². The molecule has 4 nitrogen and oxygen atoms in total. The minimum absolute atomic E-state index is 0.0844. The van der Waals surface area contributed by atoms with Crippen LogP contribution in [0.5, 0.6) is 0 Å². The van der Waals surface area contributed by atoms with Crippen LogP contribution < -0.4 is 16.6 Å². The summed E-state index contributed by atoms with van der Waals surface area (Å²) < 4.78 is 0. The van der Waals surface area contributed by atoms with E-state index in [-0.39, 0.29) is 17.4 Å². The van der Waals surface area contributed by atoms with E-state index in [0.717, 1.165) is 32.2 Å². The van der Waals surface area contributed by atoms with Gasteiger partial charge >= 0.3 is 0 Å². The first kappa shape index (κ1) is 8.97. The molecule has 2 fully saturated rings. The molecule has 2 rings (SSSR count). The predicted octanol–water partition coefficient (Wildman–Crippen LogP) is -0.101. The van der Waals surface area contributed by atoms with Crippen molar-refractivity contribution >= 4 is 5.91 Å². The van der Waals surface area contributed by atoms with E-state index in [1.807, 2.05) is 0 Å². The molecule has 4 heteroatoms. The van der Waals surface area contributed by atoms with Gasteiger partial charge in [0.1, 0.15) is 0 Å². The van der Waals surface area contributed by atoms with Gasteiger partial charge in [-0.15, -0.1) is 0 Å². The molecule has 1 amide bonds. The molecule has 74 valence electrons. The lowest BCUT2D eigenvalue weighted by Crippen LogP contribution is -2.49. The van der Waals surface area contributed by atoms with E-state index in [1.54, 1.807) is 0 Å². The van der Waals surface area contributed by atoms with Crippen LogP contribution in [0.4, 0.5) is 0 Å². The van der Waals surface area contributed by atoms with E-state index in [9.17, 15) is 4.79 Å². The van der Waals surface area contributed by atoms with E-state index >= 15 is 0 Å². The third-order valence-electron chi connectivity index (χ3n) is 3.33. The first-order chi connectivity index (χ1) is 6.22. The van der Waals surface area contributed by atoms with E-state index in [2.05, 4.69) is 10.9 Å². The molecule has 1 saturated heterocycles. The summed E-state index contributed by atoms with van der Waals surface area (Å²) in [6, 6.07) is 0. The van der Waals surface area contributed by atoms with Crippen molar-refractivity contribution in [2.24, 2.45) is 11.7 Å². The highest BCUT2D eigenvalue weighted by Gasteiger charge is 2.40. The highest BCUT2D eigenvalue weighted by Crippen LogP contribution is 2.35. The summed E-state index contributed by atoms with van der Waals surface area (Å²) >= 11 is 0. The lowest BCUT2D eigenvalue weighted by molar-refractivity contribution is -0.123. The van der Waals surface area contributed by atoms with E-state index < -0.39 is 0 Å². The number of primary amides is 1. The first-order valence-electron chi connectivity index (χ1n) is 5.01. The minimum Gasteiger partial charge on any atom is -0.369 e. The molecule has 2 atom stereocenters. The second-order valence-electron chi connectivity index (χ2n) is 4.28. The molecule has 2 aliphatic rings. The summed E-state index contributed by atoms with van der Waals surface area (Å²) in [7, 11) is 0. The van der Waals surface area contributed by atoms with Crippen LogP contribution in [0.3, 0.4) is 0 Å². The van der Waals surface area contributed by atoms with Crippen LogP contribution in [0.15, 0.2) is 0 Å². The maximum atomic E-state index is 11.1. The summed E-state index contributed by atoms with van der Waals surface area (Å²) in [6.45, 7) is 1.01. The number of carbonyl (C=O) groups excluding carboxylic acids is 1. The summed E-state index contributed by atoms with van der Waals surface area (Å²) in [5, 5.41) is 0. The number of amides is 1. The van der Waals surface area contributed by atoms with Gasteiger partial charge in [-0.25, -0.2) is 0 Å². The summed E-state index contributed by atoms with van der Waals surface area (Å²) in [4.78, 5) is 11.1. The molecule has 0 bridgehead atoms. The van der Waals surface area contributed by atoms with Crippen molar-refractivity contribution in [2.75, 3.05) is 6.54 Å². The van der Waals surface area contributed by atoms with Crippen LogP contribution in [0.1, 0.15) is 32.1 Å². The normalized spacial score (nSPS) is 39.5. The third kappa shape index (κ3) is 1.69. The Hall–Kier alpha value is -0.610. The van der Waals surface area contributed by atoms with E-state index in [1.165, 1.54) is 6.42 Å². The maximum absolute atomic E-state index is 11.1. The van der Waals surface area contributed by atoms with Gasteiger partial charge in [-0.3, -0.25) is 15.6 Å². The number of carbonyl (C=O) groups is 1. The quantitative estimate of drug-likeness (QED) is 0.532. The fourth-order valence-corrected chi connectivity index (χ4v) is 2.56. The average Bonchev–Trinajstić information content (AvgIpc) is 2.53. The standard InChI is InChI=1S/C9H17N3O/c10-8(13)7-2-1-3-9(6-7)4-5-11-12-9/h7,11-12H,1-6H2,(H2,10,13). The number of nitrogens with two attached hydrogens (primary N) is 1. The molecule has 0 aromatic carbocycles. The molecule has 1 spiro atoms. The van der Waals surface area contributed by atoms with Gasteiger partial charge in [0.05, 0.1) is 0 Å². The lowest BCUT2D eigenvalue weighted by atomic mass is 9.75. The topological polar surface area (TPSA) is 67.2 Å². The lowest BCUT2D eigenvalue weighted by Gasteiger charge is -2.36. The smallest absolute Gasteiger partial charge is 0.220 e. The van der Waals surface area contributed by atoms with Gasteiger partial charge in [-0.2, -0.15) is 0 Å². The monoisotopic (exact) mass is 183 g/mol. The Bertz CT molecular complexity index is 211. The molecule has 1 saturated carbocycles. The molecule has 0 aromatic rings. The Labute approximate surface area is 78.2 Å². The maximum Gasteiger partial charge on any atom is 0.220 e. The van der Waals surface area contributed by atoms with Gasteiger partial charge in [0.2, 0.25) is 5.91 Å². The number of rotatable bonds is 1. The molecular weight excluding hydrogens is 166 g/mol. The summed E-state index contributed by atoms with van der Waals surface area (Å²) in [6.07, 6.45) is 5.29. The third-order valence-corrected chi connectivity index (χ3v) is 3.33. The molecule has 1 aliphatic carbocycles. The Kier molecular flexibility index (Phi) is 2.26. The molecule has 2 unspecified atom stereocenters. The fourth-order valence-electron chi connectivity index (χ4n) is 2.56. The molecule has 4 N–H and O–H groups in total. The minimum atomic E-state index is -0.132. The zero-order valence-electron chi connectivity index (χ0n) is 7.81. The zero-order chi connectivity index (χ0) is 9.31. The van der Waals surface area contributed by atoms with E-state index in [4.69, 9.17) is 5.73 Å². The van der Waals surface area contributed by atoms with Crippen molar-refractivity contribution in [3.05, 3.63) is 0 Å². The molecular formula is C9H17N3O. The molecule has 1 heterocycles. The second kappa shape index (κ2) is 3.27. The van der Waals surface area contributed by atoms with E-state index in [0.29, 0.717) is 0 Å². The number of hydrogen-bond acceptors (Lipinski definition) is 3. The van der Waals surface area contributed by atoms with Crippen LogP contribution in [0, 0.1) is 5.92 Å². The van der Waals surface area contributed by atoms with Crippen molar-refractivity contribution in [1.29, 1.82) is 0 Å². The summed E-state index contributed by atoms with van der Waals surface area (Å²) in [5.74, 6) is -0.0473.